The molecule has 1 N–H and O–H groups in total. The minimum absolute atomic E-state index is 0.0293. The van der Waals surface area contributed by atoms with Crippen molar-refractivity contribution in [3.8, 4) is 0 Å². The molecule has 2 aromatic rings. The summed E-state index contributed by atoms with van der Waals surface area (Å²) in [5, 5.41) is 2.37. The van der Waals surface area contributed by atoms with Crippen LogP contribution in [0.3, 0.4) is 0 Å². The first-order valence-electron chi connectivity index (χ1n) is 10.6. The first-order valence-corrected chi connectivity index (χ1v) is 11.4. The van der Waals surface area contributed by atoms with Gasteiger partial charge in [0.15, 0.2) is 12.0 Å². The van der Waals surface area contributed by atoms with Crippen molar-refractivity contribution in [1.29, 1.82) is 0 Å². The van der Waals surface area contributed by atoms with Gasteiger partial charge in [0, 0.05) is 4.47 Å². The standard InChI is InChI=1S/C24H24BrFN2O7/c1-24(2,3)35-22(31)27-17-10-15(26)9-16(25)21(17)18(29)11-19-28(12-20(30)34-19)23(32)33-13-14-7-5-4-6-8-14/h4-10,19H,11-13H2,1-3H3,(H,27,31). The third kappa shape index (κ3) is 7.25. The predicted molar refractivity (Wildman–Crippen MR) is 126 cm³/mol. The number of nitrogens with zero attached hydrogens (tertiary/aromatic N) is 1. The van der Waals surface area contributed by atoms with Gasteiger partial charge in [0.25, 0.3) is 0 Å². The number of nitrogens with one attached hydrogen (secondary N) is 1. The van der Waals surface area contributed by atoms with E-state index in [9.17, 15) is 23.6 Å². The van der Waals surface area contributed by atoms with Gasteiger partial charge < -0.3 is 14.2 Å². The van der Waals surface area contributed by atoms with Crippen LogP contribution < -0.4 is 5.32 Å². The number of Topliss-reactive ketones (excluding diaryl/α,β-unsaturated/α-hetero) is 1. The number of anilines is 1. The molecule has 1 aliphatic heterocycles. The number of halogens is 2. The molecule has 2 amide bonds. The highest BCUT2D eigenvalue weighted by Crippen LogP contribution is 2.30. The van der Waals surface area contributed by atoms with Crippen LogP contribution in [0.4, 0.5) is 19.7 Å². The van der Waals surface area contributed by atoms with Crippen LogP contribution in [0.2, 0.25) is 0 Å². The minimum Gasteiger partial charge on any atom is -0.444 e. The van der Waals surface area contributed by atoms with E-state index in [1.54, 1.807) is 45.0 Å². The van der Waals surface area contributed by atoms with Crippen molar-refractivity contribution in [2.45, 2.75) is 45.6 Å². The van der Waals surface area contributed by atoms with E-state index < -0.39 is 48.0 Å². The minimum atomic E-state index is -1.23. The number of benzene rings is 2. The third-order valence-electron chi connectivity index (χ3n) is 4.68. The van der Waals surface area contributed by atoms with Crippen LogP contribution in [0, 0.1) is 5.82 Å². The molecule has 0 radical (unpaired) electrons. The van der Waals surface area contributed by atoms with Gasteiger partial charge in [0.2, 0.25) is 0 Å². The first-order chi connectivity index (χ1) is 16.4. The number of carbonyl (C=O) groups is 4. The van der Waals surface area contributed by atoms with Crippen LogP contribution in [-0.2, 0) is 25.6 Å². The summed E-state index contributed by atoms with van der Waals surface area (Å²) in [4.78, 5) is 50.9. The van der Waals surface area contributed by atoms with E-state index >= 15 is 0 Å². The zero-order valence-electron chi connectivity index (χ0n) is 19.3. The van der Waals surface area contributed by atoms with Crippen molar-refractivity contribution in [3.05, 3.63) is 63.9 Å². The number of hydrogen-bond acceptors (Lipinski definition) is 7. The molecule has 0 bridgehead atoms. The fourth-order valence-corrected chi connectivity index (χ4v) is 3.91. The molecular weight excluding hydrogens is 527 g/mol. The van der Waals surface area contributed by atoms with Crippen LogP contribution >= 0.6 is 15.9 Å². The Labute approximate surface area is 209 Å². The Balaban J connectivity index is 1.75. The summed E-state index contributed by atoms with van der Waals surface area (Å²) in [6.45, 7) is 4.54. The topological polar surface area (TPSA) is 111 Å². The first kappa shape index (κ1) is 26.1. The summed E-state index contributed by atoms with van der Waals surface area (Å²) in [5.74, 6) is -2.04. The van der Waals surface area contributed by atoms with E-state index in [-0.39, 0.29) is 28.9 Å². The van der Waals surface area contributed by atoms with E-state index in [0.717, 1.165) is 22.6 Å². The normalized spacial score (nSPS) is 15.4. The van der Waals surface area contributed by atoms with Crippen molar-refractivity contribution in [3.63, 3.8) is 0 Å². The van der Waals surface area contributed by atoms with Gasteiger partial charge in [-0.2, -0.15) is 0 Å². The molecule has 1 fully saturated rings. The van der Waals surface area contributed by atoms with Gasteiger partial charge in [-0.15, -0.1) is 0 Å². The second-order valence-electron chi connectivity index (χ2n) is 8.68. The van der Waals surface area contributed by atoms with Crippen molar-refractivity contribution in [2.75, 3.05) is 11.9 Å². The van der Waals surface area contributed by atoms with E-state index in [1.807, 2.05) is 6.07 Å². The quantitative estimate of drug-likeness (QED) is 0.305. The molecule has 11 heteroatoms. The average molecular weight is 551 g/mol. The van der Waals surface area contributed by atoms with Gasteiger partial charge in [0.05, 0.1) is 17.7 Å². The Morgan fingerprint density at radius 2 is 1.89 bits per heavy atom. The summed E-state index contributed by atoms with van der Waals surface area (Å²) < 4.78 is 29.7. The van der Waals surface area contributed by atoms with Gasteiger partial charge in [-0.1, -0.05) is 30.3 Å². The monoisotopic (exact) mass is 550 g/mol. The van der Waals surface area contributed by atoms with Crippen LogP contribution in [0.25, 0.3) is 0 Å². The molecule has 9 nitrogen and oxygen atoms in total. The van der Waals surface area contributed by atoms with E-state index in [4.69, 9.17) is 14.2 Å². The average Bonchev–Trinajstić information content (AvgIpc) is 3.10. The molecule has 1 heterocycles. The number of amides is 2. The van der Waals surface area contributed by atoms with Crippen LogP contribution in [0.1, 0.15) is 43.1 Å². The summed E-state index contributed by atoms with van der Waals surface area (Å²) in [6, 6.07) is 11.0. The van der Waals surface area contributed by atoms with Gasteiger partial charge in [0.1, 0.15) is 24.6 Å². The lowest BCUT2D eigenvalue weighted by molar-refractivity contribution is -0.140. The Morgan fingerprint density at radius 3 is 2.54 bits per heavy atom. The lowest BCUT2D eigenvalue weighted by Gasteiger charge is -2.22. The lowest BCUT2D eigenvalue weighted by atomic mass is 10.0. The lowest BCUT2D eigenvalue weighted by Crippen LogP contribution is -2.38. The number of ether oxygens (including phenoxy) is 3. The van der Waals surface area contributed by atoms with E-state index in [1.165, 1.54) is 0 Å². The molecule has 0 aliphatic carbocycles. The summed E-state index contributed by atoms with van der Waals surface area (Å²) in [6.07, 6.45) is -3.39. The van der Waals surface area contributed by atoms with Gasteiger partial charge in [-0.25, -0.2) is 14.0 Å². The summed E-state index contributed by atoms with van der Waals surface area (Å²) in [7, 11) is 0. The molecular formula is C24H24BrFN2O7. The second kappa shape index (κ2) is 10.9. The molecule has 0 spiro atoms. The number of ketones is 1. The molecule has 35 heavy (non-hydrogen) atoms. The molecule has 3 rings (SSSR count). The van der Waals surface area contributed by atoms with E-state index in [2.05, 4.69) is 21.2 Å². The Morgan fingerprint density at radius 1 is 1.20 bits per heavy atom. The summed E-state index contributed by atoms with van der Waals surface area (Å²) in [5.41, 5.74) is -0.290. The predicted octanol–water partition coefficient (Wildman–Crippen LogP) is 5.03. The zero-order valence-corrected chi connectivity index (χ0v) is 20.9. The van der Waals surface area contributed by atoms with Crippen molar-refractivity contribution >= 4 is 45.6 Å². The maximum atomic E-state index is 14.0. The van der Waals surface area contributed by atoms with Crippen molar-refractivity contribution < 1.29 is 37.8 Å². The molecule has 0 aromatic heterocycles. The number of cyclic esters (lactones) is 1. The van der Waals surface area contributed by atoms with Gasteiger partial charge >= 0.3 is 18.2 Å². The molecule has 1 unspecified atom stereocenters. The maximum absolute atomic E-state index is 14.0. The Bertz CT molecular complexity index is 1130. The number of rotatable bonds is 6. The van der Waals surface area contributed by atoms with Crippen molar-refractivity contribution in [1.82, 2.24) is 4.90 Å². The van der Waals surface area contributed by atoms with Crippen molar-refractivity contribution in [2.24, 2.45) is 0 Å². The number of carbonyl (C=O) groups excluding carboxylic acids is 4. The SMILES string of the molecule is CC(C)(C)OC(=O)Nc1cc(F)cc(Br)c1C(=O)CC1OC(=O)CN1C(=O)OCc1ccccc1. The van der Waals surface area contributed by atoms with Gasteiger partial charge in [-0.05, 0) is 54.4 Å². The molecule has 1 atom stereocenters. The Hall–Kier alpha value is -3.47. The summed E-state index contributed by atoms with van der Waals surface area (Å²) >= 11 is 3.14. The zero-order chi connectivity index (χ0) is 25.8. The maximum Gasteiger partial charge on any atom is 0.413 e. The van der Waals surface area contributed by atoms with Crippen LogP contribution in [-0.4, -0.2) is 47.2 Å². The smallest absolute Gasteiger partial charge is 0.413 e. The molecule has 1 aliphatic rings. The van der Waals surface area contributed by atoms with E-state index in [0.29, 0.717) is 0 Å². The third-order valence-corrected chi connectivity index (χ3v) is 5.31. The highest BCUT2D eigenvalue weighted by molar-refractivity contribution is 9.10. The fourth-order valence-electron chi connectivity index (χ4n) is 3.26. The number of esters is 1. The second-order valence-corrected chi connectivity index (χ2v) is 9.53. The van der Waals surface area contributed by atoms with Crippen LogP contribution in [0.5, 0.6) is 0 Å². The molecule has 1 saturated heterocycles. The fraction of sp³-hybridized carbons (Fsp3) is 0.333. The largest absolute Gasteiger partial charge is 0.444 e. The van der Waals surface area contributed by atoms with Gasteiger partial charge in [-0.3, -0.25) is 19.8 Å². The molecule has 2 aromatic carbocycles. The highest BCUT2D eigenvalue weighted by atomic mass is 79.9. The highest BCUT2D eigenvalue weighted by Gasteiger charge is 2.39. The van der Waals surface area contributed by atoms with Crippen LogP contribution in [0.15, 0.2) is 46.9 Å². The Kier molecular flexibility index (Phi) is 8.11. The number of hydrogen-bond donors (Lipinski definition) is 1. The molecule has 186 valence electrons. The molecule has 0 saturated carbocycles.